The third kappa shape index (κ3) is 3.67. The van der Waals surface area contributed by atoms with Crippen molar-refractivity contribution in [2.45, 2.75) is 32.6 Å². The minimum atomic E-state index is -0.362. The van der Waals surface area contributed by atoms with E-state index in [9.17, 15) is 4.39 Å². The van der Waals surface area contributed by atoms with Crippen molar-refractivity contribution in [2.75, 3.05) is 7.11 Å². The maximum atomic E-state index is 13.5. The van der Waals surface area contributed by atoms with Crippen LogP contribution in [0.4, 0.5) is 4.39 Å². The fraction of sp³-hybridized carbons (Fsp3) is 0.538. The molecule has 1 aromatic carbocycles. The molecule has 0 fully saturated rings. The van der Waals surface area contributed by atoms with E-state index in [4.69, 9.17) is 16.3 Å². The van der Waals surface area contributed by atoms with Crippen LogP contribution in [0.3, 0.4) is 0 Å². The van der Waals surface area contributed by atoms with Crippen LogP contribution in [0.15, 0.2) is 18.2 Å². The zero-order valence-electron chi connectivity index (χ0n) is 10.2. The molecular weight excluding hydrogens is 227 g/mol. The molecule has 0 aromatic heterocycles. The predicted octanol–water partition coefficient (Wildman–Crippen LogP) is 4.55. The summed E-state index contributed by atoms with van der Waals surface area (Å²) in [7, 11) is 1.45. The molecule has 16 heavy (non-hydrogen) atoms. The summed E-state index contributed by atoms with van der Waals surface area (Å²) in [6.45, 7) is 6.34. The summed E-state index contributed by atoms with van der Waals surface area (Å²) in [5.74, 6) is -0.108. The fourth-order valence-corrected chi connectivity index (χ4v) is 2.13. The van der Waals surface area contributed by atoms with Gasteiger partial charge in [-0.05, 0) is 29.5 Å². The van der Waals surface area contributed by atoms with Gasteiger partial charge in [0.2, 0.25) is 0 Å². The van der Waals surface area contributed by atoms with Gasteiger partial charge in [0, 0.05) is 0 Å². The SMILES string of the molecule is COc1ccc(C(Cl)CC(C)(C)C)cc1F. The Morgan fingerprint density at radius 3 is 2.44 bits per heavy atom. The highest BCUT2D eigenvalue weighted by molar-refractivity contribution is 6.20. The number of methoxy groups -OCH3 is 1. The molecule has 1 aromatic rings. The second-order valence-electron chi connectivity index (χ2n) is 5.13. The molecule has 90 valence electrons. The summed E-state index contributed by atoms with van der Waals surface area (Å²) in [4.78, 5) is 0. The summed E-state index contributed by atoms with van der Waals surface area (Å²) in [6, 6.07) is 4.87. The van der Waals surface area contributed by atoms with Crippen molar-refractivity contribution in [1.82, 2.24) is 0 Å². The van der Waals surface area contributed by atoms with Gasteiger partial charge in [0.05, 0.1) is 12.5 Å². The van der Waals surface area contributed by atoms with Gasteiger partial charge in [0.25, 0.3) is 0 Å². The second kappa shape index (κ2) is 5.05. The van der Waals surface area contributed by atoms with Gasteiger partial charge in [-0.3, -0.25) is 0 Å². The Morgan fingerprint density at radius 2 is 2.00 bits per heavy atom. The number of hydrogen-bond acceptors (Lipinski definition) is 1. The highest BCUT2D eigenvalue weighted by Crippen LogP contribution is 2.35. The lowest BCUT2D eigenvalue weighted by Gasteiger charge is -2.22. The van der Waals surface area contributed by atoms with Crippen LogP contribution in [0.1, 0.15) is 38.1 Å². The van der Waals surface area contributed by atoms with Crippen LogP contribution in [0, 0.1) is 11.2 Å². The van der Waals surface area contributed by atoms with Gasteiger partial charge < -0.3 is 4.74 Å². The topological polar surface area (TPSA) is 9.23 Å². The number of ether oxygens (including phenoxy) is 1. The first-order valence-electron chi connectivity index (χ1n) is 5.31. The Bertz CT molecular complexity index is 357. The van der Waals surface area contributed by atoms with Crippen molar-refractivity contribution in [3.05, 3.63) is 29.6 Å². The smallest absolute Gasteiger partial charge is 0.165 e. The van der Waals surface area contributed by atoms with Crippen LogP contribution in [-0.2, 0) is 0 Å². The number of alkyl halides is 1. The van der Waals surface area contributed by atoms with E-state index in [0.29, 0.717) is 0 Å². The normalized spacial score (nSPS) is 13.6. The predicted molar refractivity (Wildman–Crippen MR) is 65.6 cm³/mol. The van der Waals surface area contributed by atoms with Crippen molar-refractivity contribution in [3.8, 4) is 5.75 Å². The highest BCUT2D eigenvalue weighted by Gasteiger charge is 2.19. The van der Waals surface area contributed by atoms with E-state index in [1.54, 1.807) is 6.07 Å². The largest absolute Gasteiger partial charge is 0.494 e. The molecule has 0 heterocycles. The van der Waals surface area contributed by atoms with E-state index in [0.717, 1.165) is 12.0 Å². The quantitative estimate of drug-likeness (QED) is 0.709. The molecule has 0 saturated carbocycles. The highest BCUT2D eigenvalue weighted by atomic mass is 35.5. The van der Waals surface area contributed by atoms with Gasteiger partial charge in [-0.15, -0.1) is 11.6 Å². The first-order valence-corrected chi connectivity index (χ1v) is 5.74. The van der Waals surface area contributed by atoms with E-state index < -0.39 is 0 Å². The van der Waals surface area contributed by atoms with Crippen molar-refractivity contribution < 1.29 is 9.13 Å². The molecule has 1 atom stereocenters. The summed E-state index contributed by atoms with van der Waals surface area (Å²) in [6.07, 6.45) is 0.806. The van der Waals surface area contributed by atoms with E-state index in [1.807, 2.05) is 6.07 Å². The molecule has 0 N–H and O–H groups in total. The molecule has 3 heteroatoms. The van der Waals surface area contributed by atoms with Crippen molar-refractivity contribution in [2.24, 2.45) is 5.41 Å². The Morgan fingerprint density at radius 1 is 1.38 bits per heavy atom. The summed E-state index contributed by atoms with van der Waals surface area (Å²) in [5, 5.41) is -0.166. The van der Waals surface area contributed by atoms with Crippen molar-refractivity contribution >= 4 is 11.6 Å². The first kappa shape index (κ1) is 13.3. The van der Waals surface area contributed by atoms with Crippen LogP contribution in [0.5, 0.6) is 5.75 Å². The fourth-order valence-electron chi connectivity index (χ4n) is 1.53. The summed E-state index contributed by atoms with van der Waals surface area (Å²) >= 11 is 6.25. The molecular formula is C13H18ClFO. The zero-order chi connectivity index (χ0) is 12.3. The second-order valence-corrected chi connectivity index (χ2v) is 5.65. The van der Waals surface area contributed by atoms with E-state index in [-0.39, 0.29) is 22.4 Å². The minimum Gasteiger partial charge on any atom is -0.494 e. The molecule has 0 aliphatic carbocycles. The average molecular weight is 245 g/mol. The van der Waals surface area contributed by atoms with E-state index in [1.165, 1.54) is 13.2 Å². The monoisotopic (exact) mass is 244 g/mol. The van der Waals surface area contributed by atoms with Gasteiger partial charge in [-0.2, -0.15) is 0 Å². The van der Waals surface area contributed by atoms with E-state index in [2.05, 4.69) is 20.8 Å². The number of rotatable bonds is 3. The third-order valence-electron chi connectivity index (χ3n) is 2.33. The van der Waals surface area contributed by atoms with Gasteiger partial charge >= 0.3 is 0 Å². The molecule has 1 unspecified atom stereocenters. The summed E-state index contributed by atoms with van der Waals surface area (Å²) in [5.41, 5.74) is 0.929. The Balaban J connectivity index is 2.85. The van der Waals surface area contributed by atoms with Crippen LogP contribution >= 0.6 is 11.6 Å². The lowest BCUT2D eigenvalue weighted by Crippen LogP contribution is -2.08. The molecule has 0 spiro atoms. The van der Waals surface area contributed by atoms with Gasteiger partial charge in [0.1, 0.15) is 0 Å². The molecule has 0 aliphatic heterocycles. The van der Waals surface area contributed by atoms with Gasteiger partial charge in [0.15, 0.2) is 11.6 Å². The van der Waals surface area contributed by atoms with Crippen molar-refractivity contribution in [3.63, 3.8) is 0 Å². The lowest BCUT2D eigenvalue weighted by atomic mass is 9.88. The molecule has 1 nitrogen and oxygen atoms in total. The van der Waals surface area contributed by atoms with E-state index >= 15 is 0 Å². The molecule has 0 amide bonds. The zero-order valence-corrected chi connectivity index (χ0v) is 10.9. The Hall–Kier alpha value is -0.760. The number of halogens is 2. The van der Waals surface area contributed by atoms with Crippen LogP contribution < -0.4 is 4.74 Å². The maximum Gasteiger partial charge on any atom is 0.165 e. The maximum absolute atomic E-state index is 13.5. The van der Waals surface area contributed by atoms with Crippen LogP contribution in [-0.4, -0.2) is 7.11 Å². The first-order chi connectivity index (χ1) is 7.33. The third-order valence-corrected chi connectivity index (χ3v) is 2.74. The number of benzene rings is 1. The van der Waals surface area contributed by atoms with Gasteiger partial charge in [-0.1, -0.05) is 26.8 Å². The van der Waals surface area contributed by atoms with Crippen LogP contribution in [0.25, 0.3) is 0 Å². The Labute approximate surface area is 102 Å². The number of hydrogen-bond donors (Lipinski definition) is 0. The average Bonchev–Trinajstić information content (AvgIpc) is 2.15. The molecule has 0 radical (unpaired) electrons. The van der Waals surface area contributed by atoms with Crippen LogP contribution in [0.2, 0.25) is 0 Å². The standard InChI is InChI=1S/C13H18ClFO/c1-13(2,3)8-10(14)9-5-6-12(16-4)11(15)7-9/h5-7,10H,8H2,1-4H3. The van der Waals surface area contributed by atoms with Crippen molar-refractivity contribution in [1.29, 1.82) is 0 Å². The molecule has 1 rings (SSSR count). The lowest BCUT2D eigenvalue weighted by molar-refractivity contribution is 0.370. The van der Waals surface area contributed by atoms with Gasteiger partial charge in [-0.25, -0.2) is 4.39 Å². The molecule has 0 bridgehead atoms. The molecule has 0 saturated heterocycles. The molecule has 0 aliphatic rings. The minimum absolute atomic E-state index is 0.128. The summed E-state index contributed by atoms with van der Waals surface area (Å²) < 4.78 is 18.3. The Kier molecular flexibility index (Phi) is 4.20.